The van der Waals surface area contributed by atoms with Crippen molar-refractivity contribution >= 4 is 0 Å². The molecule has 0 saturated heterocycles. The summed E-state index contributed by atoms with van der Waals surface area (Å²) in [5, 5.41) is 3.68. The van der Waals surface area contributed by atoms with E-state index in [1.807, 2.05) is 0 Å². The van der Waals surface area contributed by atoms with Crippen molar-refractivity contribution in [2.24, 2.45) is 5.92 Å². The summed E-state index contributed by atoms with van der Waals surface area (Å²) in [5.41, 5.74) is 2.85. The Kier molecular flexibility index (Phi) is 4.06. The molecule has 2 rings (SSSR count). The monoisotopic (exact) mass is 233 g/mol. The van der Waals surface area contributed by atoms with Gasteiger partial charge in [-0.15, -0.1) is 0 Å². The maximum absolute atomic E-state index is 5.52. The molecule has 17 heavy (non-hydrogen) atoms. The number of rotatable bonds is 3. The zero-order valence-electron chi connectivity index (χ0n) is 11.1. The van der Waals surface area contributed by atoms with E-state index in [9.17, 15) is 0 Å². The van der Waals surface area contributed by atoms with Crippen molar-refractivity contribution in [3.8, 4) is 5.75 Å². The highest BCUT2D eigenvalue weighted by molar-refractivity contribution is 5.43. The predicted octanol–water partition coefficient (Wildman–Crippen LogP) is 3.32. The molecule has 0 aromatic heterocycles. The van der Waals surface area contributed by atoms with E-state index >= 15 is 0 Å². The van der Waals surface area contributed by atoms with Gasteiger partial charge in [0.25, 0.3) is 0 Å². The Morgan fingerprint density at radius 1 is 1.41 bits per heavy atom. The van der Waals surface area contributed by atoms with E-state index < -0.39 is 0 Å². The molecule has 0 amide bonds. The lowest BCUT2D eigenvalue weighted by Gasteiger charge is -2.19. The van der Waals surface area contributed by atoms with Gasteiger partial charge in [0.2, 0.25) is 0 Å². The lowest BCUT2D eigenvalue weighted by molar-refractivity contribution is 0.406. The highest BCUT2D eigenvalue weighted by Crippen LogP contribution is 2.33. The molecule has 94 valence electrons. The molecule has 0 aliphatic carbocycles. The number of ether oxygens (including phenoxy) is 1. The van der Waals surface area contributed by atoms with Crippen LogP contribution in [0.2, 0.25) is 0 Å². The van der Waals surface area contributed by atoms with Gasteiger partial charge in [-0.1, -0.05) is 32.4 Å². The van der Waals surface area contributed by atoms with Crippen molar-refractivity contribution < 1.29 is 4.74 Å². The molecule has 2 unspecified atom stereocenters. The van der Waals surface area contributed by atoms with Gasteiger partial charge in [0.05, 0.1) is 7.11 Å². The van der Waals surface area contributed by atoms with Crippen molar-refractivity contribution in [2.45, 2.75) is 39.2 Å². The van der Waals surface area contributed by atoms with Crippen LogP contribution in [0.1, 0.15) is 43.9 Å². The van der Waals surface area contributed by atoms with Crippen molar-refractivity contribution in [3.05, 3.63) is 29.3 Å². The van der Waals surface area contributed by atoms with Gasteiger partial charge in [0.15, 0.2) is 0 Å². The van der Waals surface area contributed by atoms with E-state index in [-0.39, 0.29) is 0 Å². The smallest absolute Gasteiger partial charge is 0.122 e. The number of benzene rings is 1. The first-order valence-corrected chi connectivity index (χ1v) is 6.65. The molecule has 0 bridgehead atoms. The van der Waals surface area contributed by atoms with E-state index in [0.29, 0.717) is 12.0 Å². The minimum Gasteiger partial charge on any atom is -0.496 e. The van der Waals surface area contributed by atoms with Gasteiger partial charge in [-0.25, -0.2) is 0 Å². The van der Waals surface area contributed by atoms with Gasteiger partial charge in [-0.3, -0.25) is 0 Å². The van der Waals surface area contributed by atoms with Crippen molar-refractivity contribution in [1.82, 2.24) is 5.32 Å². The molecule has 0 saturated carbocycles. The predicted molar refractivity (Wildman–Crippen MR) is 71.5 cm³/mol. The summed E-state index contributed by atoms with van der Waals surface area (Å²) in [7, 11) is 1.77. The number of hydrogen-bond acceptors (Lipinski definition) is 2. The van der Waals surface area contributed by atoms with Crippen LogP contribution in [0.3, 0.4) is 0 Å². The molecule has 1 aromatic rings. The summed E-state index contributed by atoms with van der Waals surface area (Å²) in [6.45, 7) is 5.65. The lowest BCUT2D eigenvalue weighted by atomic mass is 9.93. The zero-order valence-corrected chi connectivity index (χ0v) is 11.1. The van der Waals surface area contributed by atoms with E-state index in [1.165, 1.54) is 24.0 Å². The number of nitrogens with one attached hydrogen (secondary N) is 1. The highest BCUT2D eigenvalue weighted by Gasteiger charge is 2.22. The Labute approximate surface area is 104 Å². The van der Waals surface area contributed by atoms with Gasteiger partial charge in [0.1, 0.15) is 5.75 Å². The summed E-state index contributed by atoms with van der Waals surface area (Å²) >= 11 is 0. The molecule has 0 fully saturated rings. The maximum atomic E-state index is 5.52. The Bertz CT molecular complexity index is 375. The van der Waals surface area contributed by atoms with Crippen LogP contribution < -0.4 is 10.1 Å². The first-order chi connectivity index (χ1) is 8.26. The molecular weight excluding hydrogens is 210 g/mol. The molecule has 1 aliphatic rings. The fourth-order valence-electron chi connectivity index (χ4n) is 2.74. The first kappa shape index (κ1) is 12.4. The van der Waals surface area contributed by atoms with E-state index in [0.717, 1.165) is 18.7 Å². The molecule has 2 heteroatoms. The summed E-state index contributed by atoms with van der Waals surface area (Å²) in [4.78, 5) is 0. The Morgan fingerprint density at radius 2 is 2.24 bits per heavy atom. The fourth-order valence-corrected chi connectivity index (χ4v) is 2.74. The van der Waals surface area contributed by atoms with Gasteiger partial charge in [0, 0.05) is 6.04 Å². The second-order valence-electron chi connectivity index (χ2n) is 5.09. The van der Waals surface area contributed by atoms with E-state index in [4.69, 9.17) is 4.74 Å². The minimum absolute atomic E-state index is 0.495. The Morgan fingerprint density at radius 3 is 2.94 bits per heavy atom. The number of methoxy groups -OCH3 is 1. The molecular formula is C15H23NO. The summed E-state index contributed by atoms with van der Waals surface area (Å²) in [5.74, 6) is 1.73. The number of hydrogen-bond donors (Lipinski definition) is 1. The topological polar surface area (TPSA) is 21.3 Å². The van der Waals surface area contributed by atoms with Crippen molar-refractivity contribution in [2.75, 3.05) is 13.7 Å². The molecule has 2 nitrogen and oxygen atoms in total. The van der Waals surface area contributed by atoms with Crippen LogP contribution in [0.25, 0.3) is 0 Å². The molecule has 1 heterocycles. The van der Waals surface area contributed by atoms with Crippen LogP contribution in [0.4, 0.5) is 0 Å². The number of fused-ring (bicyclic) bond motifs is 1. The zero-order chi connectivity index (χ0) is 12.3. The normalized spacial score (nSPS) is 23.9. The third-order valence-corrected chi connectivity index (χ3v) is 3.61. The average Bonchev–Trinajstić information content (AvgIpc) is 2.49. The third kappa shape index (κ3) is 2.63. The molecule has 1 N–H and O–H groups in total. The molecule has 1 aliphatic heterocycles. The Balaban J connectivity index is 2.40. The van der Waals surface area contributed by atoms with Crippen LogP contribution in [0.15, 0.2) is 18.2 Å². The average molecular weight is 233 g/mol. The van der Waals surface area contributed by atoms with E-state index in [2.05, 4.69) is 37.4 Å². The largest absolute Gasteiger partial charge is 0.496 e. The van der Waals surface area contributed by atoms with Gasteiger partial charge < -0.3 is 10.1 Å². The first-order valence-electron chi connectivity index (χ1n) is 6.65. The lowest BCUT2D eigenvalue weighted by Crippen LogP contribution is -2.23. The summed E-state index contributed by atoms with van der Waals surface area (Å²) in [6.07, 6.45) is 3.53. The Hall–Kier alpha value is -1.02. The second kappa shape index (κ2) is 5.54. The van der Waals surface area contributed by atoms with Crippen LogP contribution in [-0.4, -0.2) is 13.7 Å². The van der Waals surface area contributed by atoms with Crippen LogP contribution >= 0.6 is 0 Å². The molecule has 1 aromatic carbocycles. The molecule has 2 atom stereocenters. The quantitative estimate of drug-likeness (QED) is 0.864. The summed E-state index contributed by atoms with van der Waals surface area (Å²) in [6, 6.07) is 6.94. The van der Waals surface area contributed by atoms with Crippen LogP contribution in [-0.2, 0) is 6.42 Å². The van der Waals surface area contributed by atoms with Gasteiger partial charge in [-0.2, -0.15) is 0 Å². The summed E-state index contributed by atoms with van der Waals surface area (Å²) < 4.78 is 5.52. The third-order valence-electron chi connectivity index (χ3n) is 3.61. The van der Waals surface area contributed by atoms with Gasteiger partial charge >= 0.3 is 0 Å². The molecule has 0 spiro atoms. The SMILES string of the molecule is CCCC1NCC(C)Cc2c(OC)cccc21. The van der Waals surface area contributed by atoms with Crippen LogP contribution in [0, 0.1) is 5.92 Å². The highest BCUT2D eigenvalue weighted by atomic mass is 16.5. The molecule has 0 radical (unpaired) electrons. The van der Waals surface area contributed by atoms with Crippen molar-refractivity contribution in [3.63, 3.8) is 0 Å². The van der Waals surface area contributed by atoms with E-state index in [1.54, 1.807) is 7.11 Å². The minimum atomic E-state index is 0.495. The fraction of sp³-hybridized carbons (Fsp3) is 0.600. The van der Waals surface area contributed by atoms with Gasteiger partial charge in [-0.05, 0) is 42.5 Å². The standard InChI is InChI=1S/C15H23NO/c1-4-6-14-12-7-5-8-15(17-3)13(12)9-11(2)10-16-14/h5,7-8,11,14,16H,4,6,9-10H2,1-3H3. The maximum Gasteiger partial charge on any atom is 0.122 e. The second-order valence-corrected chi connectivity index (χ2v) is 5.09. The van der Waals surface area contributed by atoms with Crippen LogP contribution in [0.5, 0.6) is 5.75 Å². The van der Waals surface area contributed by atoms with Crippen molar-refractivity contribution in [1.29, 1.82) is 0 Å².